The molecule has 6 rings (SSSR count). The summed E-state index contributed by atoms with van der Waals surface area (Å²) in [4.78, 5) is 22.7. The summed E-state index contributed by atoms with van der Waals surface area (Å²) in [5.74, 6) is -0.444. The maximum absolute atomic E-state index is 13.8. The van der Waals surface area contributed by atoms with Crippen LogP contribution in [0.15, 0.2) is 30.3 Å². The maximum atomic E-state index is 13.8. The molecule has 3 fully saturated rings. The van der Waals surface area contributed by atoms with Crippen LogP contribution < -0.4 is 9.62 Å². The van der Waals surface area contributed by atoms with Crippen molar-refractivity contribution in [1.29, 1.82) is 0 Å². The second-order valence-corrected chi connectivity index (χ2v) is 13.6. The van der Waals surface area contributed by atoms with Gasteiger partial charge in [-0.05, 0) is 81.8 Å². The third-order valence-corrected chi connectivity index (χ3v) is 10.2. The number of amides is 1. The van der Waals surface area contributed by atoms with E-state index in [1.807, 2.05) is 0 Å². The zero-order valence-electron chi connectivity index (χ0n) is 24.1. The second kappa shape index (κ2) is 12.3. The molecular weight excluding hydrogens is 559 g/mol. The molecule has 42 heavy (non-hydrogen) atoms. The molecule has 2 aliphatic heterocycles. The Morgan fingerprint density at radius 1 is 1.07 bits per heavy atom. The molecule has 2 aromatic heterocycles. The average molecular weight is 599 g/mol. The molecule has 1 amide bonds. The number of fused-ring (bicyclic) bond motifs is 1. The van der Waals surface area contributed by atoms with Crippen LogP contribution in [0.1, 0.15) is 67.5 Å². The van der Waals surface area contributed by atoms with Gasteiger partial charge < -0.3 is 9.64 Å². The minimum atomic E-state index is -3.78. The van der Waals surface area contributed by atoms with Crippen LogP contribution in [0.4, 0.5) is 10.1 Å². The van der Waals surface area contributed by atoms with Gasteiger partial charge >= 0.3 is 0 Å². The monoisotopic (exact) mass is 598 g/mol. The zero-order chi connectivity index (χ0) is 29.3. The molecule has 0 spiro atoms. The van der Waals surface area contributed by atoms with Crippen molar-refractivity contribution in [3.8, 4) is 5.69 Å². The Kier molecular flexibility index (Phi) is 8.46. The van der Waals surface area contributed by atoms with Crippen LogP contribution in [0, 0.1) is 11.7 Å². The van der Waals surface area contributed by atoms with E-state index in [-0.39, 0.29) is 23.2 Å². The van der Waals surface area contributed by atoms with E-state index in [9.17, 15) is 17.6 Å². The topological polar surface area (TPSA) is 110 Å². The number of benzene rings is 1. The fraction of sp³-hybridized carbons (Fsp3) is 0.567. The van der Waals surface area contributed by atoms with Crippen molar-refractivity contribution in [1.82, 2.24) is 24.4 Å². The molecule has 1 aromatic carbocycles. The number of carbonyl (C=O) groups excluding carboxylic acids is 1. The molecule has 10 nitrogen and oxygen atoms in total. The molecule has 4 heterocycles. The molecule has 12 heteroatoms. The summed E-state index contributed by atoms with van der Waals surface area (Å²) in [6.45, 7) is 7.82. The molecule has 1 aliphatic carbocycles. The van der Waals surface area contributed by atoms with Gasteiger partial charge in [0.15, 0.2) is 5.65 Å². The number of anilines is 1. The normalized spacial score (nSPS) is 19.2. The summed E-state index contributed by atoms with van der Waals surface area (Å²) < 4.78 is 47.7. The van der Waals surface area contributed by atoms with Crippen molar-refractivity contribution in [3.05, 3.63) is 47.5 Å². The van der Waals surface area contributed by atoms with Gasteiger partial charge in [0.1, 0.15) is 11.5 Å². The summed E-state index contributed by atoms with van der Waals surface area (Å²) in [5.41, 5.74) is 2.93. The van der Waals surface area contributed by atoms with Crippen molar-refractivity contribution < 1.29 is 22.3 Å². The number of pyridine rings is 1. The van der Waals surface area contributed by atoms with Gasteiger partial charge in [-0.1, -0.05) is 6.42 Å². The summed E-state index contributed by atoms with van der Waals surface area (Å²) in [6.07, 6.45) is 6.39. The molecule has 0 atom stereocenters. The summed E-state index contributed by atoms with van der Waals surface area (Å²) in [5, 5.41) is 5.89. The van der Waals surface area contributed by atoms with Gasteiger partial charge in [0.25, 0.3) is 5.91 Å². The first kappa shape index (κ1) is 29.0. The lowest BCUT2D eigenvalue weighted by atomic mass is 9.81. The molecular formula is C30H39FN6O4S. The number of hydrogen-bond acceptors (Lipinski definition) is 8. The van der Waals surface area contributed by atoms with E-state index in [2.05, 4.69) is 14.5 Å². The van der Waals surface area contributed by atoms with E-state index >= 15 is 0 Å². The maximum Gasteiger partial charge on any atom is 0.283 e. The highest BCUT2D eigenvalue weighted by Crippen LogP contribution is 2.43. The van der Waals surface area contributed by atoms with E-state index in [1.54, 1.807) is 22.9 Å². The van der Waals surface area contributed by atoms with Crippen molar-refractivity contribution in [2.45, 2.75) is 51.4 Å². The number of carbonyl (C=O) groups is 1. The van der Waals surface area contributed by atoms with Crippen LogP contribution >= 0.6 is 0 Å². The van der Waals surface area contributed by atoms with E-state index in [1.165, 1.54) is 19.1 Å². The number of piperidine rings is 1. The molecule has 0 bridgehead atoms. The van der Waals surface area contributed by atoms with Gasteiger partial charge in [-0.15, -0.1) is 0 Å². The van der Waals surface area contributed by atoms with Crippen LogP contribution in [0.25, 0.3) is 16.7 Å². The number of nitrogens with one attached hydrogen (secondary N) is 1. The summed E-state index contributed by atoms with van der Waals surface area (Å²) in [6, 6.07) is 7.76. The highest BCUT2D eigenvalue weighted by Gasteiger charge is 2.32. The zero-order valence-corrected chi connectivity index (χ0v) is 24.9. The third kappa shape index (κ3) is 6.16. The molecule has 226 valence electrons. The Bertz CT molecular complexity index is 1530. The van der Waals surface area contributed by atoms with E-state index < -0.39 is 15.9 Å². The number of nitrogens with zero attached hydrogens (tertiary/aromatic N) is 5. The van der Waals surface area contributed by atoms with Gasteiger partial charge in [-0.25, -0.2) is 27.2 Å². The van der Waals surface area contributed by atoms with Crippen LogP contribution in [0.5, 0.6) is 0 Å². The Morgan fingerprint density at radius 2 is 1.79 bits per heavy atom. The second-order valence-electron chi connectivity index (χ2n) is 11.6. The highest BCUT2D eigenvalue weighted by molar-refractivity contribution is 7.90. The molecule has 1 saturated carbocycles. The van der Waals surface area contributed by atoms with E-state index in [0.29, 0.717) is 17.3 Å². The van der Waals surface area contributed by atoms with E-state index in [0.717, 1.165) is 101 Å². The van der Waals surface area contributed by atoms with Crippen LogP contribution in [-0.4, -0.2) is 85.7 Å². The molecule has 2 saturated heterocycles. The van der Waals surface area contributed by atoms with Gasteiger partial charge in [0, 0.05) is 32.1 Å². The van der Waals surface area contributed by atoms with E-state index in [4.69, 9.17) is 14.8 Å². The molecule has 0 unspecified atom stereocenters. The van der Waals surface area contributed by atoms with Gasteiger partial charge in [-0.3, -0.25) is 9.69 Å². The average Bonchev–Trinajstić information content (AvgIpc) is 3.34. The smallest absolute Gasteiger partial charge is 0.283 e. The van der Waals surface area contributed by atoms with Crippen molar-refractivity contribution in [2.75, 3.05) is 56.6 Å². The van der Waals surface area contributed by atoms with Crippen LogP contribution in [0.3, 0.4) is 0 Å². The van der Waals surface area contributed by atoms with Crippen molar-refractivity contribution in [3.63, 3.8) is 0 Å². The van der Waals surface area contributed by atoms with Gasteiger partial charge in [-0.2, -0.15) is 5.10 Å². The molecule has 1 N–H and O–H groups in total. The fourth-order valence-corrected chi connectivity index (χ4v) is 6.67. The lowest BCUT2D eigenvalue weighted by molar-refractivity contribution is 0.0349. The minimum absolute atomic E-state index is 0.0207. The summed E-state index contributed by atoms with van der Waals surface area (Å²) in [7, 11) is -3.78. The summed E-state index contributed by atoms with van der Waals surface area (Å²) >= 11 is 0. The fourth-order valence-electron chi connectivity index (χ4n) is 6.14. The number of rotatable bonds is 9. The Balaban J connectivity index is 1.36. The number of aromatic nitrogens is 3. The number of halogens is 1. The van der Waals surface area contributed by atoms with Gasteiger partial charge in [0.2, 0.25) is 10.0 Å². The largest absolute Gasteiger partial charge is 0.379 e. The number of sulfonamides is 1. The number of ether oxygens (including phenoxy) is 1. The first-order chi connectivity index (χ1) is 20.3. The minimum Gasteiger partial charge on any atom is -0.379 e. The number of hydrogen-bond donors (Lipinski definition) is 1. The van der Waals surface area contributed by atoms with Crippen molar-refractivity contribution >= 4 is 32.7 Å². The molecule has 0 radical (unpaired) electrons. The van der Waals surface area contributed by atoms with Crippen molar-refractivity contribution in [2.24, 2.45) is 5.92 Å². The lowest BCUT2D eigenvalue weighted by Crippen LogP contribution is -2.39. The predicted octanol–water partition coefficient (Wildman–Crippen LogP) is 3.85. The Morgan fingerprint density at radius 3 is 2.43 bits per heavy atom. The third-order valence-electron chi connectivity index (χ3n) is 8.98. The lowest BCUT2D eigenvalue weighted by Gasteiger charge is -2.36. The highest BCUT2D eigenvalue weighted by atomic mass is 32.2. The number of morpholine rings is 1. The first-order valence-corrected chi connectivity index (χ1v) is 16.8. The SMILES string of the molecule is CCS(=O)(=O)NC(=O)c1cc(N2CCC(CCN3CCOCC3)CC2)c2c(C3CCC3)nn(-c3ccc(F)cc3)c2n1. The first-order valence-electron chi connectivity index (χ1n) is 15.1. The van der Waals surface area contributed by atoms with Gasteiger partial charge in [0.05, 0.1) is 41.4 Å². The predicted molar refractivity (Wildman–Crippen MR) is 159 cm³/mol. The standard InChI is InChI=1S/C30H39FN6O4S/c1-2-42(39,40)34-30(38)25-20-26(36-14-11-21(12-15-36)10-13-35-16-18-41-19-17-35)27-28(22-4-3-5-22)33-37(29(27)32-25)24-8-6-23(31)7-9-24/h6-9,20-22H,2-5,10-19H2,1H3,(H,34,38). The van der Waals surface area contributed by atoms with Crippen LogP contribution in [0.2, 0.25) is 0 Å². The molecule has 3 aliphatic rings. The quantitative estimate of drug-likeness (QED) is 0.396. The molecule has 3 aromatic rings. The Labute approximate surface area is 246 Å². The van der Waals surface area contributed by atoms with Crippen LogP contribution in [-0.2, 0) is 14.8 Å². The Hall–Kier alpha value is -3.09.